The fraction of sp³-hybridized carbons (Fsp3) is 0.581. The SMILES string of the molecule is C=C[C@@H]1C[C@]1(NC(=O)[C@@H]1C[C@@H](Oc2cc(-c3coc(NC(C)C)n3)nc3c(Cl)c(OCCOC)ccc23)CN1C(=O)[C@@H](NC(=O)O[C@@H]1C[C@@H]2C[C@@H]2C1)C(C)(C)C)C(=O)OC. The number of carbonyl (C=O) groups is 4. The minimum atomic E-state index is -1.31. The molecule has 3 N–H and O–H groups in total. The third kappa shape index (κ3) is 8.99. The highest BCUT2D eigenvalue weighted by Gasteiger charge is 2.62. The number of oxazole rings is 1. The van der Waals surface area contributed by atoms with E-state index in [1.54, 1.807) is 31.4 Å². The minimum Gasteiger partial charge on any atom is -0.490 e. The first-order valence-corrected chi connectivity index (χ1v) is 20.9. The van der Waals surface area contributed by atoms with E-state index < -0.39 is 53.0 Å². The second-order valence-electron chi connectivity index (χ2n) is 17.6. The normalized spacial score (nSPS) is 25.9. The van der Waals surface area contributed by atoms with E-state index in [0.717, 1.165) is 12.8 Å². The predicted molar refractivity (Wildman–Crippen MR) is 222 cm³/mol. The van der Waals surface area contributed by atoms with Crippen LogP contribution >= 0.6 is 11.6 Å². The number of methoxy groups -OCH3 is 2. The van der Waals surface area contributed by atoms with Crippen LogP contribution in [0.3, 0.4) is 0 Å². The second kappa shape index (κ2) is 17.1. The van der Waals surface area contributed by atoms with Crippen LogP contribution in [0.4, 0.5) is 10.8 Å². The van der Waals surface area contributed by atoms with Gasteiger partial charge in [-0.05, 0) is 68.9 Å². The Hall–Kier alpha value is -5.09. The van der Waals surface area contributed by atoms with Crippen molar-refractivity contribution in [3.8, 4) is 22.9 Å². The molecule has 60 heavy (non-hydrogen) atoms. The number of nitrogens with zero attached hydrogens (tertiary/aromatic N) is 3. The van der Waals surface area contributed by atoms with Crippen molar-refractivity contribution in [1.29, 1.82) is 0 Å². The van der Waals surface area contributed by atoms with Gasteiger partial charge in [0.1, 0.15) is 64.9 Å². The molecule has 17 heteroatoms. The maximum Gasteiger partial charge on any atom is 0.408 e. The van der Waals surface area contributed by atoms with Crippen LogP contribution in [0.2, 0.25) is 5.02 Å². The molecule has 3 amide bonds. The molecule has 16 nitrogen and oxygen atoms in total. The molecular weight excluding hydrogens is 796 g/mol. The standard InChI is InChI=1S/C43H55ClN6O10/c1-9-25-19-43(25,39(53)56-8)49-37(51)31-17-27(20-50(31)38(52)36(42(4,5)6)48-41(54)60-26-15-23-14-24(23)16-26)59-33-18-29(30-21-58-40(47-30)45-22(2)3)46-35-28(33)10-11-32(34(35)44)57-13-12-55-7/h9-11,18,21-27,31,36H,1,12-17,19-20H2,2-8H3,(H,45,47)(H,48,54)(H,49,51)/t23-,24+,25-,26+,27-,31+,36-,43-/m1/s1. The average Bonchev–Trinajstić information content (AvgIpc) is 3.86. The quantitative estimate of drug-likeness (QED) is 0.0876. The van der Waals surface area contributed by atoms with E-state index in [-0.39, 0.29) is 42.7 Å². The number of carbonyl (C=O) groups excluding carboxylic acids is 4. The van der Waals surface area contributed by atoms with Gasteiger partial charge in [0.2, 0.25) is 11.8 Å². The molecule has 3 saturated carbocycles. The van der Waals surface area contributed by atoms with E-state index in [4.69, 9.17) is 44.7 Å². The van der Waals surface area contributed by atoms with Gasteiger partial charge in [-0.3, -0.25) is 9.59 Å². The molecule has 1 aromatic carbocycles. The lowest BCUT2D eigenvalue weighted by Gasteiger charge is -2.35. The molecule has 4 fully saturated rings. The maximum atomic E-state index is 14.8. The largest absolute Gasteiger partial charge is 0.490 e. The van der Waals surface area contributed by atoms with Crippen LogP contribution in [0.25, 0.3) is 22.3 Å². The molecule has 0 bridgehead atoms. The number of amides is 3. The number of pyridine rings is 1. The third-order valence-electron chi connectivity index (χ3n) is 11.8. The molecule has 0 radical (unpaired) electrons. The first-order chi connectivity index (χ1) is 28.5. The van der Waals surface area contributed by atoms with Crippen LogP contribution in [-0.2, 0) is 28.6 Å². The highest BCUT2D eigenvalue weighted by molar-refractivity contribution is 6.36. The molecular formula is C43H55ClN6O10. The zero-order chi connectivity index (χ0) is 43.1. The second-order valence-corrected chi connectivity index (χ2v) is 18.0. The summed E-state index contributed by atoms with van der Waals surface area (Å²) in [6.45, 7) is 13.8. The number of benzene rings is 1. The Kier molecular flexibility index (Phi) is 12.3. The number of aromatic nitrogens is 2. The van der Waals surface area contributed by atoms with Crippen LogP contribution in [0.5, 0.6) is 11.5 Å². The molecule has 1 aliphatic heterocycles. The van der Waals surface area contributed by atoms with Crippen molar-refractivity contribution in [2.24, 2.45) is 23.2 Å². The number of fused-ring (bicyclic) bond motifs is 2. The molecule has 1 saturated heterocycles. The van der Waals surface area contributed by atoms with Crippen LogP contribution in [-0.4, -0.2) is 109 Å². The Labute approximate surface area is 354 Å². The molecule has 3 aliphatic carbocycles. The van der Waals surface area contributed by atoms with Crippen molar-refractivity contribution < 1.29 is 47.3 Å². The minimum absolute atomic E-state index is 0.0389. The van der Waals surface area contributed by atoms with Crippen molar-refractivity contribution in [2.45, 2.75) is 103 Å². The summed E-state index contributed by atoms with van der Waals surface area (Å²) in [5.41, 5.74) is -0.955. The number of ether oxygens (including phenoxy) is 5. The van der Waals surface area contributed by atoms with Gasteiger partial charge in [0.05, 0.1) is 31.5 Å². The number of likely N-dealkylation sites (tertiary alicyclic amines) is 1. The Balaban J connectivity index is 1.21. The monoisotopic (exact) mass is 850 g/mol. The molecule has 0 spiro atoms. The van der Waals surface area contributed by atoms with Gasteiger partial charge in [0.25, 0.3) is 6.01 Å². The van der Waals surface area contributed by atoms with Gasteiger partial charge in [-0.15, -0.1) is 6.58 Å². The molecule has 2 aromatic heterocycles. The van der Waals surface area contributed by atoms with E-state index in [1.165, 1.54) is 24.7 Å². The fourth-order valence-corrected chi connectivity index (χ4v) is 8.67. The van der Waals surface area contributed by atoms with E-state index in [9.17, 15) is 19.2 Å². The molecule has 7 rings (SSSR count). The van der Waals surface area contributed by atoms with E-state index in [2.05, 4.69) is 27.5 Å². The van der Waals surface area contributed by atoms with Crippen molar-refractivity contribution in [3.05, 3.63) is 42.1 Å². The van der Waals surface area contributed by atoms with Gasteiger partial charge in [-0.2, -0.15) is 4.98 Å². The van der Waals surface area contributed by atoms with Crippen molar-refractivity contribution in [2.75, 3.05) is 39.3 Å². The zero-order valence-corrected chi connectivity index (χ0v) is 35.9. The van der Waals surface area contributed by atoms with Crippen molar-refractivity contribution in [1.82, 2.24) is 25.5 Å². The Bertz CT molecular complexity index is 2130. The smallest absolute Gasteiger partial charge is 0.408 e. The topological polar surface area (TPSA) is 193 Å². The molecule has 3 aromatic rings. The van der Waals surface area contributed by atoms with Gasteiger partial charge in [-0.1, -0.05) is 38.4 Å². The molecule has 0 unspecified atom stereocenters. The van der Waals surface area contributed by atoms with Crippen molar-refractivity contribution >= 4 is 52.4 Å². The zero-order valence-electron chi connectivity index (χ0n) is 35.2. The fourth-order valence-electron chi connectivity index (χ4n) is 8.40. The van der Waals surface area contributed by atoms with Crippen LogP contribution < -0.4 is 25.4 Å². The Morgan fingerprint density at radius 1 is 1.03 bits per heavy atom. The lowest BCUT2D eigenvalue weighted by atomic mass is 9.85. The summed E-state index contributed by atoms with van der Waals surface area (Å²) in [7, 11) is 2.83. The first kappa shape index (κ1) is 43.0. The summed E-state index contributed by atoms with van der Waals surface area (Å²) in [4.78, 5) is 66.4. The number of esters is 1. The number of nitrogens with one attached hydrogen (secondary N) is 3. The number of hydrogen-bond donors (Lipinski definition) is 3. The van der Waals surface area contributed by atoms with Gasteiger partial charge in [0, 0.05) is 36.9 Å². The third-order valence-corrected chi connectivity index (χ3v) is 12.1. The first-order valence-electron chi connectivity index (χ1n) is 20.5. The van der Waals surface area contributed by atoms with E-state index >= 15 is 0 Å². The van der Waals surface area contributed by atoms with E-state index in [1.807, 2.05) is 34.6 Å². The Morgan fingerprint density at radius 2 is 1.78 bits per heavy atom. The molecule has 4 aliphatic rings. The van der Waals surface area contributed by atoms with Crippen LogP contribution in [0.15, 0.2) is 41.5 Å². The molecule has 8 atom stereocenters. The molecule has 324 valence electrons. The lowest BCUT2D eigenvalue weighted by Crippen LogP contribution is -2.59. The summed E-state index contributed by atoms with van der Waals surface area (Å²) >= 11 is 6.95. The highest BCUT2D eigenvalue weighted by Crippen LogP contribution is 2.52. The summed E-state index contributed by atoms with van der Waals surface area (Å²) in [6.07, 6.45) is 4.58. The average molecular weight is 851 g/mol. The highest BCUT2D eigenvalue weighted by atomic mass is 35.5. The summed E-state index contributed by atoms with van der Waals surface area (Å²) in [5, 5.41) is 9.64. The number of anilines is 1. The summed E-state index contributed by atoms with van der Waals surface area (Å²) in [5.74, 6) is -0.104. The molecule has 3 heterocycles. The number of alkyl carbamates (subject to hydrolysis) is 1. The summed E-state index contributed by atoms with van der Waals surface area (Å²) in [6, 6.07) is 3.37. The number of hydrogen-bond acceptors (Lipinski definition) is 13. The number of halogens is 1. The number of rotatable bonds is 16. The maximum absolute atomic E-state index is 14.8. The van der Waals surface area contributed by atoms with Gasteiger partial charge in [-0.25, -0.2) is 14.6 Å². The van der Waals surface area contributed by atoms with Gasteiger partial charge in [0.15, 0.2) is 0 Å². The van der Waals surface area contributed by atoms with Crippen LogP contribution in [0, 0.1) is 23.2 Å². The predicted octanol–water partition coefficient (Wildman–Crippen LogP) is 5.91. The van der Waals surface area contributed by atoms with Crippen LogP contribution in [0.1, 0.15) is 66.7 Å². The van der Waals surface area contributed by atoms with Gasteiger partial charge < -0.3 is 49.0 Å². The summed E-state index contributed by atoms with van der Waals surface area (Å²) < 4.78 is 34.3. The lowest BCUT2D eigenvalue weighted by molar-refractivity contribution is -0.148. The van der Waals surface area contributed by atoms with Crippen molar-refractivity contribution in [3.63, 3.8) is 0 Å². The Morgan fingerprint density at radius 3 is 2.43 bits per heavy atom. The van der Waals surface area contributed by atoms with Gasteiger partial charge >= 0.3 is 12.1 Å². The van der Waals surface area contributed by atoms with E-state index in [0.29, 0.717) is 64.7 Å².